The zero-order chi connectivity index (χ0) is 15.2. The molecule has 1 amide bonds. The highest BCUT2D eigenvalue weighted by Crippen LogP contribution is 2.15. The molecule has 112 valence electrons. The van der Waals surface area contributed by atoms with Crippen LogP contribution in [0.1, 0.15) is 26.2 Å². The Kier molecular flexibility index (Phi) is 6.16. The van der Waals surface area contributed by atoms with Crippen molar-refractivity contribution in [2.75, 3.05) is 18.1 Å². The number of hydrogen-bond donors (Lipinski definition) is 2. The summed E-state index contributed by atoms with van der Waals surface area (Å²) in [6, 6.07) is 6.17. The van der Waals surface area contributed by atoms with E-state index in [4.69, 9.17) is 5.73 Å². The Balaban J connectivity index is 2.50. The van der Waals surface area contributed by atoms with Crippen molar-refractivity contribution in [3.63, 3.8) is 0 Å². The van der Waals surface area contributed by atoms with Crippen LogP contribution in [-0.2, 0) is 14.6 Å². The van der Waals surface area contributed by atoms with Crippen LogP contribution in [0.2, 0.25) is 0 Å². The van der Waals surface area contributed by atoms with E-state index in [1.165, 1.54) is 12.1 Å². The third kappa shape index (κ3) is 5.71. The summed E-state index contributed by atoms with van der Waals surface area (Å²) in [6.45, 7) is 2.71. The van der Waals surface area contributed by atoms with E-state index in [2.05, 4.69) is 12.2 Å². The molecule has 0 heterocycles. The van der Waals surface area contributed by atoms with E-state index < -0.39 is 9.84 Å². The molecule has 0 aromatic heterocycles. The summed E-state index contributed by atoms with van der Waals surface area (Å²) in [5.74, 6) is 0.360. The van der Waals surface area contributed by atoms with E-state index in [1.807, 2.05) is 0 Å². The normalized spacial score (nSPS) is 12.9. The van der Waals surface area contributed by atoms with Gasteiger partial charge in [-0.1, -0.05) is 6.92 Å². The van der Waals surface area contributed by atoms with Crippen molar-refractivity contribution in [1.82, 2.24) is 0 Å². The minimum atomic E-state index is -3.20. The lowest BCUT2D eigenvalue weighted by atomic mass is 10.0. The zero-order valence-corrected chi connectivity index (χ0v) is 12.7. The average Bonchev–Trinajstić information content (AvgIpc) is 2.36. The van der Waals surface area contributed by atoms with Crippen LogP contribution < -0.4 is 11.1 Å². The van der Waals surface area contributed by atoms with Crippen LogP contribution in [0.3, 0.4) is 0 Å². The Morgan fingerprint density at radius 3 is 2.35 bits per heavy atom. The lowest BCUT2D eigenvalue weighted by Crippen LogP contribution is -2.14. The average molecular weight is 298 g/mol. The highest BCUT2D eigenvalue weighted by atomic mass is 32.2. The third-order valence-corrected chi connectivity index (χ3v) is 4.22. The second-order valence-corrected chi connectivity index (χ2v) is 7.08. The molecule has 0 aliphatic heterocycles. The molecule has 1 unspecified atom stereocenters. The highest BCUT2D eigenvalue weighted by molar-refractivity contribution is 7.90. The summed E-state index contributed by atoms with van der Waals surface area (Å²) >= 11 is 0. The van der Waals surface area contributed by atoms with Gasteiger partial charge in [-0.25, -0.2) is 8.42 Å². The summed E-state index contributed by atoms with van der Waals surface area (Å²) in [7, 11) is -3.20. The lowest BCUT2D eigenvalue weighted by Gasteiger charge is -2.10. The first kappa shape index (κ1) is 16.7. The first-order chi connectivity index (χ1) is 9.32. The van der Waals surface area contributed by atoms with Crippen LogP contribution in [0, 0.1) is 5.92 Å². The number of hydrogen-bond acceptors (Lipinski definition) is 4. The molecule has 0 aliphatic carbocycles. The molecule has 1 aromatic rings. The number of nitrogens with one attached hydrogen (secondary N) is 1. The summed E-state index contributed by atoms with van der Waals surface area (Å²) in [4.78, 5) is 12.0. The number of amides is 1. The van der Waals surface area contributed by atoms with Crippen LogP contribution in [0.15, 0.2) is 29.2 Å². The Morgan fingerprint density at radius 2 is 1.85 bits per heavy atom. The second-order valence-electron chi connectivity index (χ2n) is 5.07. The van der Waals surface area contributed by atoms with Gasteiger partial charge in [0.25, 0.3) is 0 Å². The molecule has 0 aliphatic rings. The van der Waals surface area contributed by atoms with Crippen LogP contribution in [-0.4, -0.2) is 27.1 Å². The van der Waals surface area contributed by atoms with Gasteiger partial charge >= 0.3 is 0 Å². The number of anilines is 1. The highest BCUT2D eigenvalue weighted by Gasteiger charge is 2.09. The Bertz CT molecular complexity index is 538. The van der Waals surface area contributed by atoms with Crippen LogP contribution in [0.25, 0.3) is 0 Å². The smallest absolute Gasteiger partial charge is 0.224 e. The largest absolute Gasteiger partial charge is 0.330 e. The van der Waals surface area contributed by atoms with E-state index in [0.717, 1.165) is 19.1 Å². The van der Waals surface area contributed by atoms with Gasteiger partial charge in [-0.3, -0.25) is 4.79 Å². The molecule has 0 saturated carbocycles. The van der Waals surface area contributed by atoms with Crippen molar-refractivity contribution in [1.29, 1.82) is 0 Å². The molecular formula is C14H22N2O3S. The van der Waals surface area contributed by atoms with Gasteiger partial charge < -0.3 is 11.1 Å². The van der Waals surface area contributed by atoms with Gasteiger partial charge in [-0.2, -0.15) is 0 Å². The number of nitrogens with two attached hydrogens (primary N) is 1. The maximum Gasteiger partial charge on any atom is 0.224 e. The Hall–Kier alpha value is -1.40. The van der Waals surface area contributed by atoms with E-state index in [1.54, 1.807) is 12.1 Å². The summed E-state index contributed by atoms with van der Waals surface area (Å²) in [5, 5.41) is 2.75. The monoisotopic (exact) mass is 298 g/mol. The van der Waals surface area contributed by atoms with E-state index in [0.29, 0.717) is 24.6 Å². The fraction of sp³-hybridized carbons (Fsp3) is 0.500. The SMILES string of the molecule is CC(CCN)CCC(=O)Nc1ccc(S(C)(=O)=O)cc1. The van der Waals surface area contributed by atoms with Gasteiger partial charge in [-0.05, 0) is 49.6 Å². The molecular weight excluding hydrogens is 276 g/mol. The number of benzene rings is 1. The van der Waals surface area contributed by atoms with Gasteiger partial charge in [0, 0.05) is 18.4 Å². The molecule has 0 saturated heterocycles. The van der Waals surface area contributed by atoms with E-state index in [9.17, 15) is 13.2 Å². The van der Waals surface area contributed by atoms with E-state index >= 15 is 0 Å². The third-order valence-electron chi connectivity index (χ3n) is 3.09. The Labute approximate surface area is 120 Å². The molecule has 5 nitrogen and oxygen atoms in total. The molecule has 20 heavy (non-hydrogen) atoms. The fourth-order valence-corrected chi connectivity index (χ4v) is 2.45. The first-order valence-electron chi connectivity index (χ1n) is 6.63. The van der Waals surface area contributed by atoms with Crippen molar-refractivity contribution in [2.24, 2.45) is 11.7 Å². The molecule has 0 spiro atoms. The molecule has 1 rings (SSSR count). The van der Waals surface area contributed by atoms with Gasteiger partial charge in [0.15, 0.2) is 9.84 Å². The molecule has 0 radical (unpaired) electrons. The summed E-state index contributed by atoms with van der Waals surface area (Å²) in [6.07, 6.45) is 3.30. The van der Waals surface area contributed by atoms with Gasteiger partial charge in [0.2, 0.25) is 5.91 Å². The van der Waals surface area contributed by atoms with Crippen molar-refractivity contribution in [3.8, 4) is 0 Å². The quantitative estimate of drug-likeness (QED) is 0.803. The standard InChI is InChI=1S/C14H22N2O3S/c1-11(9-10-15)3-8-14(17)16-12-4-6-13(7-5-12)20(2,18)19/h4-7,11H,3,8-10,15H2,1-2H3,(H,16,17). The maximum atomic E-state index is 11.7. The predicted molar refractivity (Wildman–Crippen MR) is 80.3 cm³/mol. The van der Waals surface area contributed by atoms with Crippen molar-refractivity contribution in [3.05, 3.63) is 24.3 Å². The minimum absolute atomic E-state index is 0.0685. The number of rotatable bonds is 7. The summed E-state index contributed by atoms with van der Waals surface area (Å²) < 4.78 is 22.6. The fourth-order valence-electron chi connectivity index (χ4n) is 1.82. The Morgan fingerprint density at radius 1 is 1.25 bits per heavy atom. The molecule has 0 fully saturated rings. The predicted octanol–water partition coefficient (Wildman–Crippen LogP) is 1.79. The van der Waals surface area contributed by atoms with Gasteiger partial charge in [-0.15, -0.1) is 0 Å². The summed E-state index contributed by atoms with van der Waals surface area (Å²) in [5.41, 5.74) is 6.06. The first-order valence-corrected chi connectivity index (χ1v) is 8.52. The molecule has 0 bridgehead atoms. The number of carbonyl (C=O) groups excluding carboxylic acids is 1. The topological polar surface area (TPSA) is 89.3 Å². The zero-order valence-electron chi connectivity index (χ0n) is 11.9. The molecule has 1 aromatic carbocycles. The van der Waals surface area contributed by atoms with E-state index in [-0.39, 0.29) is 10.8 Å². The molecule has 3 N–H and O–H groups in total. The number of carbonyl (C=O) groups is 1. The van der Waals surface area contributed by atoms with Crippen LogP contribution in [0.4, 0.5) is 5.69 Å². The lowest BCUT2D eigenvalue weighted by molar-refractivity contribution is -0.116. The molecule has 1 atom stereocenters. The van der Waals surface area contributed by atoms with Crippen molar-refractivity contribution < 1.29 is 13.2 Å². The minimum Gasteiger partial charge on any atom is -0.330 e. The number of sulfone groups is 1. The maximum absolute atomic E-state index is 11.7. The van der Waals surface area contributed by atoms with Gasteiger partial charge in [0.05, 0.1) is 4.90 Å². The second kappa shape index (κ2) is 7.40. The van der Waals surface area contributed by atoms with Crippen LogP contribution >= 0.6 is 0 Å². The van der Waals surface area contributed by atoms with Crippen LogP contribution in [0.5, 0.6) is 0 Å². The van der Waals surface area contributed by atoms with Crippen molar-refractivity contribution >= 4 is 21.4 Å². The molecule has 6 heteroatoms. The van der Waals surface area contributed by atoms with Crippen molar-refractivity contribution in [2.45, 2.75) is 31.1 Å². The van der Waals surface area contributed by atoms with Gasteiger partial charge in [0.1, 0.15) is 0 Å².